The number of aromatic nitrogens is 1. The van der Waals surface area contributed by atoms with Crippen LogP contribution in [0.3, 0.4) is 0 Å². The third-order valence-electron chi connectivity index (χ3n) is 5.14. The lowest BCUT2D eigenvalue weighted by molar-refractivity contribution is -0.137. The molecule has 1 aliphatic carbocycles. The van der Waals surface area contributed by atoms with Crippen molar-refractivity contribution >= 4 is 33.3 Å². The van der Waals surface area contributed by atoms with Gasteiger partial charge in [-0.05, 0) is 31.4 Å². The van der Waals surface area contributed by atoms with Gasteiger partial charge in [-0.3, -0.25) is 9.59 Å². The lowest BCUT2D eigenvalue weighted by Crippen LogP contribution is -2.18. The van der Waals surface area contributed by atoms with Crippen molar-refractivity contribution in [3.05, 3.63) is 53.6 Å². The van der Waals surface area contributed by atoms with E-state index in [4.69, 9.17) is 5.11 Å². The molecule has 154 valence electrons. The molecule has 0 spiro atoms. The molecule has 2 aromatic rings. The van der Waals surface area contributed by atoms with Gasteiger partial charge in [0.25, 0.3) is 0 Å². The third-order valence-corrected chi connectivity index (χ3v) is 6.25. The Morgan fingerprint density at radius 3 is 2.86 bits per heavy atom. The van der Waals surface area contributed by atoms with E-state index in [1.807, 2.05) is 36.4 Å². The fourth-order valence-electron chi connectivity index (χ4n) is 3.59. The van der Waals surface area contributed by atoms with Gasteiger partial charge in [-0.1, -0.05) is 36.4 Å². The Hall–Kier alpha value is -2.35. The van der Waals surface area contributed by atoms with Gasteiger partial charge in [-0.2, -0.15) is 0 Å². The minimum atomic E-state index is -0.898. The molecule has 0 bridgehead atoms. The van der Waals surface area contributed by atoms with Gasteiger partial charge in [0, 0.05) is 24.7 Å². The Morgan fingerprint density at radius 2 is 2.10 bits per heavy atom. The molecule has 29 heavy (non-hydrogen) atoms. The lowest BCUT2D eigenvalue weighted by Gasteiger charge is -2.16. The van der Waals surface area contributed by atoms with Gasteiger partial charge in [0.05, 0.1) is 16.3 Å². The number of benzene rings is 1. The van der Waals surface area contributed by atoms with Crippen LogP contribution < -0.4 is 0 Å². The van der Waals surface area contributed by atoms with E-state index in [1.54, 1.807) is 12.2 Å². The maximum atomic E-state index is 12.3. The first-order valence-corrected chi connectivity index (χ1v) is 10.6. The molecule has 1 aromatic carbocycles. The molecule has 0 amide bonds. The van der Waals surface area contributed by atoms with Crippen molar-refractivity contribution in [2.45, 2.75) is 44.3 Å². The number of nitrogens with zero attached hydrogens (tertiary/aromatic N) is 1. The number of carbonyl (C=O) groups excluding carboxylic acids is 1. The summed E-state index contributed by atoms with van der Waals surface area (Å²) in [5.74, 6) is -1.53. The Labute approximate surface area is 173 Å². The number of para-hydroxylation sites is 1. The van der Waals surface area contributed by atoms with E-state index in [0.717, 1.165) is 10.2 Å². The average Bonchev–Trinajstić information content (AvgIpc) is 3.23. The van der Waals surface area contributed by atoms with E-state index in [0.29, 0.717) is 24.3 Å². The van der Waals surface area contributed by atoms with E-state index in [9.17, 15) is 19.8 Å². The summed E-state index contributed by atoms with van der Waals surface area (Å²) in [4.78, 5) is 27.2. The largest absolute Gasteiger partial charge is 0.481 e. The van der Waals surface area contributed by atoms with E-state index >= 15 is 0 Å². The molecule has 3 rings (SSSR count). The number of aliphatic hydroxyl groups is 2. The van der Waals surface area contributed by atoms with Gasteiger partial charge in [-0.15, -0.1) is 11.3 Å². The Kier molecular flexibility index (Phi) is 7.30. The Balaban J connectivity index is 1.61. The smallest absolute Gasteiger partial charge is 0.303 e. The topological polar surface area (TPSA) is 108 Å². The van der Waals surface area contributed by atoms with Crippen molar-refractivity contribution in [3.8, 4) is 0 Å². The van der Waals surface area contributed by atoms with E-state index in [2.05, 4.69) is 4.98 Å². The molecule has 1 heterocycles. The molecule has 1 saturated carbocycles. The Bertz CT molecular complexity index is 886. The first-order valence-electron chi connectivity index (χ1n) is 9.75. The molecule has 7 heteroatoms. The molecule has 1 fully saturated rings. The number of carboxylic acid groups (broad SMARTS) is 1. The number of carbonyl (C=O) groups is 2. The standard InChI is InChI=1S/C22H25NO5S/c24-17(22-23-16-8-5-6-9-20(16)29-22)12-11-15-14(18(25)13-19(15)26)7-3-1-2-4-10-21(27)28/h1,3,5-6,8-9,11-12,14-15,17-18,24-25H,2,4,7,10,13H2,(H,27,28)/b3-1-,12-11+/t14-,15-,17-,18+/m1/s1. The van der Waals surface area contributed by atoms with E-state index in [1.165, 1.54) is 11.3 Å². The summed E-state index contributed by atoms with van der Waals surface area (Å²) in [5.41, 5.74) is 0.832. The zero-order chi connectivity index (χ0) is 20.8. The molecule has 0 saturated heterocycles. The minimum Gasteiger partial charge on any atom is -0.481 e. The van der Waals surface area contributed by atoms with Crippen LogP contribution in [-0.4, -0.2) is 38.2 Å². The Morgan fingerprint density at radius 1 is 1.31 bits per heavy atom. The van der Waals surface area contributed by atoms with Gasteiger partial charge >= 0.3 is 5.97 Å². The summed E-state index contributed by atoms with van der Waals surface area (Å²) in [5, 5.41) is 29.9. The molecule has 4 atom stereocenters. The number of hydrogen-bond donors (Lipinski definition) is 3. The van der Waals surface area contributed by atoms with Gasteiger partial charge in [0.1, 0.15) is 16.9 Å². The first-order chi connectivity index (χ1) is 14.0. The summed E-state index contributed by atoms with van der Waals surface area (Å²) in [6.07, 6.45) is 7.47. The van der Waals surface area contributed by atoms with Crippen LogP contribution in [-0.2, 0) is 9.59 Å². The van der Waals surface area contributed by atoms with Crippen LogP contribution in [0, 0.1) is 11.8 Å². The highest BCUT2D eigenvalue weighted by atomic mass is 32.1. The number of Topliss-reactive ketones (excluding diaryl/α,β-unsaturated/α-hetero) is 1. The number of aliphatic hydroxyl groups excluding tert-OH is 2. The number of carboxylic acids is 1. The van der Waals surface area contributed by atoms with Crippen LogP contribution in [0.2, 0.25) is 0 Å². The third kappa shape index (κ3) is 5.59. The van der Waals surface area contributed by atoms with Crippen molar-refractivity contribution in [2.75, 3.05) is 0 Å². The number of fused-ring (bicyclic) bond motifs is 1. The van der Waals surface area contributed by atoms with Gasteiger partial charge < -0.3 is 15.3 Å². The molecule has 0 aliphatic heterocycles. The SMILES string of the molecule is O=C(O)CCC/C=C\C[C@H]1[C@@H](O)CC(=O)[C@@H]1/C=C/[C@@H](O)c1nc2ccccc2s1. The highest BCUT2D eigenvalue weighted by Crippen LogP contribution is 2.34. The van der Waals surface area contributed by atoms with Crippen molar-refractivity contribution in [1.29, 1.82) is 0 Å². The van der Waals surface area contributed by atoms with E-state index < -0.39 is 24.1 Å². The zero-order valence-electron chi connectivity index (χ0n) is 16.0. The maximum absolute atomic E-state index is 12.3. The number of unbranched alkanes of at least 4 members (excludes halogenated alkanes) is 1. The second-order valence-electron chi connectivity index (χ2n) is 7.27. The summed E-state index contributed by atoms with van der Waals surface area (Å²) < 4.78 is 0.994. The summed E-state index contributed by atoms with van der Waals surface area (Å²) in [7, 11) is 0. The van der Waals surface area contributed by atoms with Crippen LogP contribution in [0.5, 0.6) is 0 Å². The van der Waals surface area contributed by atoms with Crippen LogP contribution >= 0.6 is 11.3 Å². The second kappa shape index (κ2) is 9.91. The monoisotopic (exact) mass is 415 g/mol. The van der Waals surface area contributed by atoms with Crippen LogP contribution in [0.25, 0.3) is 10.2 Å². The average molecular weight is 416 g/mol. The normalized spacial score (nSPS) is 23.5. The van der Waals surface area contributed by atoms with Crippen molar-refractivity contribution in [2.24, 2.45) is 11.8 Å². The number of hydrogen-bond acceptors (Lipinski definition) is 6. The molecule has 1 aromatic heterocycles. The fraction of sp³-hybridized carbons (Fsp3) is 0.409. The van der Waals surface area contributed by atoms with Gasteiger partial charge in [-0.25, -0.2) is 4.98 Å². The van der Waals surface area contributed by atoms with Crippen LogP contribution in [0.1, 0.15) is 43.2 Å². The van der Waals surface area contributed by atoms with E-state index in [-0.39, 0.29) is 24.5 Å². The highest BCUT2D eigenvalue weighted by molar-refractivity contribution is 7.18. The molecule has 6 nitrogen and oxygen atoms in total. The predicted molar refractivity (Wildman–Crippen MR) is 112 cm³/mol. The van der Waals surface area contributed by atoms with Crippen molar-refractivity contribution < 1.29 is 24.9 Å². The second-order valence-corrected chi connectivity index (χ2v) is 8.33. The first kappa shape index (κ1) is 21.4. The number of allylic oxidation sites excluding steroid dienone is 3. The lowest BCUT2D eigenvalue weighted by atomic mass is 9.90. The highest BCUT2D eigenvalue weighted by Gasteiger charge is 2.39. The fourth-order valence-corrected chi connectivity index (χ4v) is 4.53. The number of aliphatic carboxylic acids is 1. The molecule has 1 aliphatic rings. The summed E-state index contributed by atoms with van der Waals surface area (Å²) in [6, 6.07) is 7.65. The van der Waals surface area contributed by atoms with Crippen LogP contribution in [0.15, 0.2) is 48.6 Å². The number of rotatable bonds is 9. The minimum absolute atomic E-state index is 0.0328. The van der Waals surface area contributed by atoms with Gasteiger partial charge in [0.2, 0.25) is 0 Å². The van der Waals surface area contributed by atoms with Crippen LogP contribution in [0.4, 0.5) is 0 Å². The zero-order valence-corrected chi connectivity index (χ0v) is 16.8. The summed E-state index contributed by atoms with van der Waals surface area (Å²) >= 11 is 1.41. The maximum Gasteiger partial charge on any atom is 0.303 e. The van der Waals surface area contributed by atoms with Gasteiger partial charge in [0.15, 0.2) is 0 Å². The van der Waals surface area contributed by atoms with Crippen molar-refractivity contribution in [3.63, 3.8) is 0 Å². The summed E-state index contributed by atoms with van der Waals surface area (Å²) in [6.45, 7) is 0. The quantitative estimate of drug-likeness (QED) is 0.426. The predicted octanol–water partition coefficient (Wildman–Crippen LogP) is 3.65. The number of ketones is 1. The molecule has 3 N–H and O–H groups in total. The van der Waals surface area contributed by atoms with Crippen molar-refractivity contribution in [1.82, 2.24) is 4.98 Å². The molecule has 0 radical (unpaired) electrons. The molecular formula is C22H25NO5S. The molecule has 0 unspecified atom stereocenters. The molecular weight excluding hydrogens is 390 g/mol. The number of thiazole rings is 1.